The zero-order chi connectivity index (χ0) is 15.7. The van der Waals surface area contributed by atoms with Gasteiger partial charge < -0.3 is 5.11 Å². The lowest BCUT2D eigenvalue weighted by atomic mass is 9.92. The molecule has 0 unspecified atom stereocenters. The molecule has 0 amide bonds. The number of hydrogen-bond acceptors (Lipinski definition) is 3. The van der Waals surface area contributed by atoms with Crippen molar-refractivity contribution in [3.05, 3.63) is 52.3 Å². The van der Waals surface area contributed by atoms with E-state index in [4.69, 9.17) is 11.6 Å². The SMILES string of the molecule is Cc1ccc(CN2C[C@@H](CO)[C@H](c3cnn(C)c3)C2)cc1Cl. The molecule has 2 aromatic rings. The largest absolute Gasteiger partial charge is 0.396 e. The van der Waals surface area contributed by atoms with Gasteiger partial charge in [0.25, 0.3) is 0 Å². The second-order valence-corrected chi connectivity index (χ2v) is 6.68. The van der Waals surface area contributed by atoms with Crippen molar-refractivity contribution in [3.8, 4) is 0 Å². The molecule has 5 heteroatoms. The summed E-state index contributed by atoms with van der Waals surface area (Å²) in [6, 6.07) is 6.24. The molecule has 2 atom stereocenters. The van der Waals surface area contributed by atoms with Crippen molar-refractivity contribution in [2.75, 3.05) is 19.7 Å². The molecule has 0 aliphatic carbocycles. The molecule has 118 valence electrons. The summed E-state index contributed by atoms with van der Waals surface area (Å²) in [5.74, 6) is 0.616. The maximum absolute atomic E-state index is 9.69. The number of aromatic nitrogens is 2. The van der Waals surface area contributed by atoms with Crippen molar-refractivity contribution in [1.29, 1.82) is 0 Å². The van der Waals surface area contributed by atoms with Gasteiger partial charge in [0.1, 0.15) is 0 Å². The molecule has 1 fully saturated rings. The summed E-state index contributed by atoms with van der Waals surface area (Å²) >= 11 is 6.21. The van der Waals surface area contributed by atoms with Gasteiger partial charge in [-0.05, 0) is 29.7 Å². The Morgan fingerprint density at radius 2 is 2.18 bits per heavy atom. The van der Waals surface area contributed by atoms with Crippen LogP contribution < -0.4 is 0 Å². The van der Waals surface area contributed by atoms with Crippen molar-refractivity contribution in [2.45, 2.75) is 19.4 Å². The molecule has 0 bridgehead atoms. The third-order valence-corrected chi connectivity index (χ3v) is 4.95. The Labute approximate surface area is 136 Å². The van der Waals surface area contributed by atoms with Crippen LogP contribution >= 0.6 is 11.6 Å². The second-order valence-electron chi connectivity index (χ2n) is 6.27. The molecule has 1 saturated heterocycles. The van der Waals surface area contributed by atoms with Crippen LogP contribution in [0.2, 0.25) is 5.02 Å². The lowest BCUT2D eigenvalue weighted by molar-refractivity contribution is 0.214. The summed E-state index contributed by atoms with van der Waals surface area (Å²) in [5, 5.41) is 14.8. The Morgan fingerprint density at radius 3 is 2.82 bits per heavy atom. The van der Waals surface area contributed by atoms with E-state index in [-0.39, 0.29) is 12.5 Å². The van der Waals surface area contributed by atoms with Crippen molar-refractivity contribution in [2.24, 2.45) is 13.0 Å². The maximum Gasteiger partial charge on any atom is 0.0525 e. The Morgan fingerprint density at radius 1 is 1.36 bits per heavy atom. The monoisotopic (exact) mass is 319 g/mol. The van der Waals surface area contributed by atoms with Crippen LogP contribution in [0.5, 0.6) is 0 Å². The summed E-state index contributed by atoms with van der Waals surface area (Å²) in [6.45, 7) is 4.95. The number of halogens is 1. The van der Waals surface area contributed by atoms with E-state index in [1.54, 1.807) is 0 Å². The zero-order valence-electron chi connectivity index (χ0n) is 13.0. The lowest BCUT2D eigenvalue weighted by Crippen LogP contribution is -2.20. The first-order chi connectivity index (χ1) is 10.6. The average molecular weight is 320 g/mol. The van der Waals surface area contributed by atoms with Gasteiger partial charge in [-0.15, -0.1) is 0 Å². The number of rotatable bonds is 4. The van der Waals surface area contributed by atoms with E-state index in [1.165, 1.54) is 11.1 Å². The highest BCUT2D eigenvalue weighted by molar-refractivity contribution is 6.31. The van der Waals surface area contributed by atoms with Crippen LogP contribution in [0.25, 0.3) is 0 Å². The van der Waals surface area contributed by atoms with E-state index in [9.17, 15) is 5.11 Å². The van der Waals surface area contributed by atoms with Gasteiger partial charge in [-0.2, -0.15) is 5.10 Å². The normalized spacial score (nSPS) is 22.4. The first kappa shape index (κ1) is 15.5. The minimum Gasteiger partial charge on any atom is -0.396 e. The predicted octanol–water partition coefficient (Wildman–Crippen LogP) is 2.59. The van der Waals surface area contributed by atoms with Crippen LogP contribution in [0.1, 0.15) is 22.6 Å². The molecule has 2 heterocycles. The first-order valence-electron chi connectivity index (χ1n) is 7.63. The number of nitrogens with zero attached hydrogens (tertiary/aromatic N) is 3. The van der Waals surface area contributed by atoms with E-state index in [0.717, 1.165) is 30.2 Å². The highest BCUT2D eigenvalue weighted by atomic mass is 35.5. The summed E-state index contributed by atoms with van der Waals surface area (Å²) < 4.78 is 1.83. The molecular weight excluding hydrogens is 298 g/mol. The van der Waals surface area contributed by atoms with Crippen LogP contribution in [-0.4, -0.2) is 39.5 Å². The van der Waals surface area contributed by atoms with Crippen LogP contribution in [0, 0.1) is 12.8 Å². The van der Waals surface area contributed by atoms with Crippen molar-refractivity contribution >= 4 is 11.6 Å². The van der Waals surface area contributed by atoms with E-state index in [0.29, 0.717) is 5.92 Å². The van der Waals surface area contributed by atoms with Gasteiger partial charge in [-0.1, -0.05) is 23.7 Å². The average Bonchev–Trinajstić information content (AvgIpc) is 3.09. The number of hydrogen-bond donors (Lipinski definition) is 1. The summed E-state index contributed by atoms with van der Waals surface area (Å²) in [6.07, 6.45) is 3.97. The lowest BCUT2D eigenvalue weighted by Gasteiger charge is -2.16. The third kappa shape index (κ3) is 3.19. The Bertz CT molecular complexity index is 655. The minimum absolute atomic E-state index is 0.213. The quantitative estimate of drug-likeness (QED) is 0.941. The molecule has 22 heavy (non-hydrogen) atoms. The molecule has 1 N–H and O–H groups in total. The number of aryl methyl sites for hydroxylation is 2. The molecule has 1 aliphatic rings. The number of aliphatic hydroxyl groups is 1. The van der Waals surface area contributed by atoms with Gasteiger partial charge in [-0.3, -0.25) is 9.58 Å². The summed E-state index contributed by atoms with van der Waals surface area (Å²) in [4.78, 5) is 2.39. The van der Waals surface area contributed by atoms with Gasteiger partial charge in [0.2, 0.25) is 0 Å². The van der Waals surface area contributed by atoms with Crippen molar-refractivity contribution < 1.29 is 5.11 Å². The molecular formula is C17H22ClN3O. The van der Waals surface area contributed by atoms with Crippen LogP contribution in [0.3, 0.4) is 0 Å². The Kier molecular flexibility index (Phi) is 4.52. The number of likely N-dealkylation sites (tertiary alicyclic amines) is 1. The Balaban J connectivity index is 1.72. The topological polar surface area (TPSA) is 41.3 Å². The fourth-order valence-corrected chi connectivity index (χ4v) is 3.48. The fraction of sp³-hybridized carbons (Fsp3) is 0.471. The van der Waals surface area contributed by atoms with E-state index < -0.39 is 0 Å². The highest BCUT2D eigenvalue weighted by Crippen LogP contribution is 2.33. The van der Waals surface area contributed by atoms with Gasteiger partial charge in [0, 0.05) is 56.3 Å². The molecule has 3 rings (SSSR count). The molecule has 1 aliphatic heterocycles. The molecule has 0 radical (unpaired) electrons. The minimum atomic E-state index is 0.213. The molecule has 0 spiro atoms. The van der Waals surface area contributed by atoms with Crippen LogP contribution in [0.4, 0.5) is 0 Å². The van der Waals surface area contributed by atoms with Gasteiger partial charge >= 0.3 is 0 Å². The highest BCUT2D eigenvalue weighted by Gasteiger charge is 2.33. The van der Waals surface area contributed by atoms with Gasteiger partial charge in [0.05, 0.1) is 6.20 Å². The van der Waals surface area contributed by atoms with Gasteiger partial charge in [0.15, 0.2) is 0 Å². The smallest absolute Gasteiger partial charge is 0.0525 e. The number of aliphatic hydroxyl groups excluding tert-OH is 1. The fourth-order valence-electron chi connectivity index (χ4n) is 3.28. The van der Waals surface area contributed by atoms with E-state index >= 15 is 0 Å². The van der Waals surface area contributed by atoms with Crippen LogP contribution in [0.15, 0.2) is 30.6 Å². The summed E-state index contributed by atoms with van der Waals surface area (Å²) in [7, 11) is 1.93. The van der Waals surface area contributed by atoms with Crippen molar-refractivity contribution in [3.63, 3.8) is 0 Å². The molecule has 1 aromatic carbocycles. The standard InChI is InChI=1S/C17H22ClN3O/c1-12-3-4-13(5-17(12)18)7-21-9-15(11-22)16(10-21)14-6-19-20(2)8-14/h3-6,8,15-16,22H,7,9-11H2,1-2H3/t15-,16-/m0/s1. The zero-order valence-corrected chi connectivity index (χ0v) is 13.8. The molecule has 1 aromatic heterocycles. The van der Waals surface area contributed by atoms with E-state index in [2.05, 4.69) is 28.3 Å². The maximum atomic E-state index is 9.69. The first-order valence-corrected chi connectivity index (χ1v) is 8.01. The van der Waals surface area contributed by atoms with Gasteiger partial charge in [-0.25, -0.2) is 0 Å². The molecule has 4 nitrogen and oxygen atoms in total. The second kappa shape index (κ2) is 6.41. The molecule has 0 saturated carbocycles. The number of benzene rings is 1. The van der Waals surface area contributed by atoms with Crippen molar-refractivity contribution in [1.82, 2.24) is 14.7 Å². The third-order valence-electron chi connectivity index (χ3n) is 4.55. The van der Waals surface area contributed by atoms with Crippen LogP contribution in [-0.2, 0) is 13.6 Å². The van der Waals surface area contributed by atoms with E-state index in [1.807, 2.05) is 30.9 Å². The summed E-state index contributed by atoms with van der Waals surface area (Å²) in [5.41, 5.74) is 3.54. The predicted molar refractivity (Wildman–Crippen MR) is 88.0 cm³/mol. The Hall–Kier alpha value is -1.36.